The summed E-state index contributed by atoms with van der Waals surface area (Å²) in [5.74, 6) is 0. The first-order valence-corrected chi connectivity index (χ1v) is 13.7. The number of hydrogen-bond donors (Lipinski definition) is 0. The molecule has 0 aliphatic rings. The molecule has 0 nitrogen and oxygen atoms in total. The first-order chi connectivity index (χ1) is 12.6. The van der Waals surface area contributed by atoms with Crippen molar-refractivity contribution in [3.8, 4) is 0 Å². The minimum atomic E-state index is -0.0140. The second kappa shape index (κ2) is 12.5. The molecule has 0 saturated carbocycles. The van der Waals surface area contributed by atoms with E-state index in [1.807, 2.05) is 0 Å². The van der Waals surface area contributed by atoms with Gasteiger partial charge in [0, 0.05) is 0 Å². The predicted octanol–water partition coefficient (Wildman–Crippen LogP) is 6.39. The zero-order valence-electron chi connectivity index (χ0n) is 18.2. The van der Waals surface area contributed by atoms with Gasteiger partial charge in [0.15, 0.2) is 0 Å². The van der Waals surface area contributed by atoms with Crippen molar-refractivity contribution in [1.82, 2.24) is 0 Å². The van der Waals surface area contributed by atoms with Crippen molar-refractivity contribution in [1.29, 1.82) is 0 Å². The van der Waals surface area contributed by atoms with Crippen LogP contribution in [0.15, 0.2) is 54.6 Å². The Morgan fingerprint density at radius 2 is 0.963 bits per heavy atom. The Kier molecular flexibility index (Phi) is 11.6. The van der Waals surface area contributed by atoms with Crippen LogP contribution in [-0.4, -0.2) is 22.6 Å². The van der Waals surface area contributed by atoms with E-state index in [0.717, 1.165) is 22.6 Å². The topological polar surface area (TPSA) is 0 Å². The maximum Gasteiger partial charge on any atom is -0.0223 e. The minimum absolute atomic E-state index is 0.0140. The van der Waals surface area contributed by atoms with Crippen molar-refractivity contribution < 1.29 is 19.2 Å². The Morgan fingerprint density at radius 3 is 1.37 bits per heavy atom. The van der Waals surface area contributed by atoms with E-state index in [-0.39, 0.29) is 15.8 Å². The average molecular weight is 494 g/mol. The van der Waals surface area contributed by atoms with Crippen LogP contribution in [0.25, 0.3) is 0 Å². The summed E-state index contributed by atoms with van der Waals surface area (Å²) in [6, 6.07) is 19.7. The fourth-order valence-corrected chi connectivity index (χ4v) is 10.00. The largest absolute Gasteiger partial charge is 0.0701 e. The van der Waals surface area contributed by atoms with Crippen molar-refractivity contribution in [2.45, 2.75) is 78.0 Å². The van der Waals surface area contributed by atoms with Crippen molar-refractivity contribution in [2.24, 2.45) is 0 Å². The van der Waals surface area contributed by atoms with Crippen LogP contribution in [0.3, 0.4) is 0 Å². The zero-order valence-corrected chi connectivity index (χ0v) is 21.6. The third-order valence-corrected chi connectivity index (χ3v) is 11.1. The maximum atomic E-state index is 3.27. The van der Waals surface area contributed by atoms with Gasteiger partial charge >= 0.3 is 99.7 Å². The summed E-state index contributed by atoms with van der Waals surface area (Å²) < 4.78 is 1.24. The van der Waals surface area contributed by atoms with Gasteiger partial charge in [-0.1, -0.05) is 65.9 Å². The van der Waals surface area contributed by atoms with Crippen LogP contribution >= 0.6 is 15.8 Å². The molecule has 0 unspecified atom stereocenters. The first kappa shape index (κ1) is 25.0. The molecule has 0 amide bonds. The minimum Gasteiger partial charge on any atom is -0.0701 e. The molecular formula is C24H37P2Pd. The van der Waals surface area contributed by atoms with Crippen LogP contribution in [0.2, 0.25) is 0 Å². The van der Waals surface area contributed by atoms with Gasteiger partial charge in [-0.25, -0.2) is 0 Å². The Bertz CT molecular complexity index is 634. The summed E-state index contributed by atoms with van der Waals surface area (Å²) >= 11 is 3.27. The van der Waals surface area contributed by atoms with Gasteiger partial charge in [-0.05, 0) is 16.6 Å². The summed E-state index contributed by atoms with van der Waals surface area (Å²) in [5.41, 5.74) is 3.11. The van der Waals surface area contributed by atoms with Gasteiger partial charge in [-0.15, -0.1) is 0 Å². The van der Waals surface area contributed by atoms with Crippen molar-refractivity contribution in [3.63, 3.8) is 0 Å². The van der Waals surface area contributed by atoms with Crippen LogP contribution < -0.4 is 14.6 Å². The molecule has 0 N–H and O–H groups in total. The number of hydrogen-bond acceptors (Lipinski definition) is 0. The SMILES string of the molecule is CC(C)P(c1ccc[c]([Pd])c1)C(C)C.CC(C)P(c1ccccc1)C(C)C. The quantitative estimate of drug-likeness (QED) is 0.323. The van der Waals surface area contributed by atoms with Crippen LogP contribution in [-0.2, 0) is 19.2 Å². The van der Waals surface area contributed by atoms with Crippen LogP contribution in [0.4, 0.5) is 0 Å². The van der Waals surface area contributed by atoms with E-state index in [1.165, 1.54) is 9.34 Å². The molecule has 0 spiro atoms. The van der Waals surface area contributed by atoms with Gasteiger partial charge in [0.2, 0.25) is 0 Å². The number of benzene rings is 2. The summed E-state index contributed by atoms with van der Waals surface area (Å²) in [6.07, 6.45) is 0. The van der Waals surface area contributed by atoms with Gasteiger partial charge in [0.25, 0.3) is 0 Å². The van der Waals surface area contributed by atoms with E-state index < -0.39 is 0 Å². The van der Waals surface area contributed by atoms with E-state index in [0.29, 0.717) is 0 Å². The van der Waals surface area contributed by atoms with Gasteiger partial charge in [0.05, 0.1) is 0 Å². The van der Waals surface area contributed by atoms with E-state index in [4.69, 9.17) is 0 Å². The standard InChI is InChI=1S/C12H19P.C12H18P.Pd/c2*1-10(2)13(11(3)4)12-8-6-5-7-9-12;/h5-11H,1-4H3;5-6,8-11H,1-4H3;. The fraction of sp³-hybridized carbons (Fsp3) is 0.500. The third-order valence-electron chi connectivity index (χ3n) is 4.37. The predicted molar refractivity (Wildman–Crippen MR) is 126 cm³/mol. The third kappa shape index (κ3) is 8.47. The molecule has 0 aromatic heterocycles. The van der Waals surface area contributed by atoms with Gasteiger partial charge in [-0.3, -0.25) is 0 Å². The molecule has 0 atom stereocenters. The first-order valence-electron chi connectivity index (χ1n) is 9.99. The molecule has 0 bridgehead atoms. The van der Waals surface area contributed by atoms with Gasteiger partial charge < -0.3 is 0 Å². The molecule has 0 radical (unpaired) electrons. The molecule has 0 fully saturated rings. The molecule has 2 aromatic carbocycles. The zero-order chi connectivity index (χ0) is 20.6. The van der Waals surface area contributed by atoms with E-state index in [2.05, 4.69) is 129 Å². The molecule has 3 heteroatoms. The molecule has 2 rings (SSSR count). The molecule has 0 aliphatic heterocycles. The summed E-state index contributed by atoms with van der Waals surface area (Å²) in [4.78, 5) is 0. The monoisotopic (exact) mass is 493 g/mol. The molecule has 153 valence electrons. The fourth-order valence-electron chi connectivity index (χ4n) is 3.61. The Hall–Kier alpha value is -0.0377. The van der Waals surface area contributed by atoms with E-state index >= 15 is 0 Å². The van der Waals surface area contributed by atoms with Gasteiger partial charge in [-0.2, -0.15) is 0 Å². The van der Waals surface area contributed by atoms with Crippen molar-refractivity contribution in [2.75, 3.05) is 0 Å². The normalized spacial score (nSPS) is 11.7. The second-order valence-corrected chi connectivity index (χ2v) is 15.7. The smallest absolute Gasteiger partial charge is 0.0223 e. The van der Waals surface area contributed by atoms with Crippen LogP contribution in [0.1, 0.15) is 55.4 Å². The van der Waals surface area contributed by atoms with Crippen LogP contribution in [0.5, 0.6) is 0 Å². The molecule has 0 heterocycles. The van der Waals surface area contributed by atoms with Crippen molar-refractivity contribution >= 4 is 30.5 Å². The second-order valence-electron chi connectivity index (χ2n) is 7.97. The Balaban J connectivity index is 0.000000271. The van der Waals surface area contributed by atoms with E-state index in [1.54, 1.807) is 5.30 Å². The summed E-state index contributed by atoms with van der Waals surface area (Å²) in [5, 5.41) is 3.07. The van der Waals surface area contributed by atoms with Crippen molar-refractivity contribution in [3.05, 3.63) is 54.6 Å². The maximum absolute atomic E-state index is 3.27. The molecule has 0 aliphatic carbocycles. The van der Waals surface area contributed by atoms with Crippen LogP contribution in [0, 0.1) is 0 Å². The van der Waals surface area contributed by atoms with E-state index in [9.17, 15) is 0 Å². The Morgan fingerprint density at radius 1 is 0.556 bits per heavy atom. The molecular weight excluding hydrogens is 457 g/mol. The molecule has 0 saturated heterocycles. The average Bonchev–Trinajstić information content (AvgIpc) is 2.55. The molecule has 27 heavy (non-hydrogen) atoms. The summed E-state index contributed by atoms with van der Waals surface area (Å²) in [7, 11) is 0.0123. The van der Waals surface area contributed by atoms with Gasteiger partial charge in [0.1, 0.15) is 0 Å². The Labute approximate surface area is 181 Å². The summed E-state index contributed by atoms with van der Waals surface area (Å²) in [6.45, 7) is 18.6. The number of rotatable bonds is 6. The molecule has 2 aromatic rings.